The van der Waals surface area contributed by atoms with Gasteiger partial charge in [0.05, 0.1) is 11.5 Å². The van der Waals surface area contributed by atoms with Crippen molar-refractivity contribution >= 4 is 17.5 Å². The fourth-order valence-electron chi connectivity index (χ4n) is 1.84. The fraction of sp³-hybridized carbons (Fsp3) is 0.136. The van der Waals surface area contributed by atoms with Gasteiger partial charge in [0.15, 0.2) is 5.78 Å². The second kappa shape index (κ2) is 10.2. The monoisotopic (exact) mass is 330 g/mol. The average molecular weight is 330 g/mol. The fourth-order valence-corrected chi connectivity index (χ4v) is 2.31. The first-order chi connectivity index (χ1) is 11.8. The van der Waals surface area contributed by atoms with Crippen LogP contribution in [-0.4, -0.2) is 17.3 Å². The summed E-state index contributed by atoms with van der Waals surface area (Å²) in [5.41, 5.74) is 2.95. The minimum Gasteiger partial charge on any atom is -0.289 e. The Labute approximate surface area is 148 Å². The standard InChI is InChI=1S/C22H18OS/c1-19-13-15-20(16-14-19)9-8-18-24-17-7-3-6-12-22(23)21-10-4-2-5-11-21/h2,4-6,10-16H,17-18H2,1H3/b12-6+. The molecule has 0 N–H and O–H groups in total. The van der Waals surface area contributed by atoms with Crippen molar-refractivity contribution in [2.75, 3.05) is 11.5 Å². The molecule has 24 heavy (non-hydrogen) atoms. The van der Waals surface area contributed by atoms with Crippen LogP contribution in [0.1, 0.15) is 21.5 Å². The highest BCUT2D eigenvalue weighted by Gasteiger charge is 1.97. The summed E-state index contributed by atoms with van der Waals surface area (Å²) in [7, 11) is 0. The molecule has 0 amide bonds. The van der Waals surface area contributed by atoms with Gasteiger partial charge in [0.2, 0.25) is 0 Å². The van der Waals surface area contributed by atoms with Gasteiger partial charge in [0.1, 0.15) is 0 Å². The van der Waals surface area contributed by atoms with Crippen LogP contribution in [0.5, 0.6) is 0 Å². The van der Waals surface area contributed by atoms with E-state index in [4.69, 9.17) is 0 Å². The van der Waals surface area contributed by atoms with Crippen molar-refractivity contribution in [1.82, 2.24) is 0 Å². The Balaban J connectivity index is 1.68. The molecular formula is C22H18OS. The highest BCUT2D eigenvalue weighted by atomic mass is 32.2. The summed E-state index contributed by atoms with van der Waals surface area (Å²) in [5, 5.41) is 0. The van der Waals surface area contributed by atoms with Gasteiger partial charge >= 0.3 is 0 Å². The van der Waals surface area contributed by atoms with Gasteiger partial charge < -0.3 is 0 Å². The number of hydrogen-bond acceptors (Lipinski definition) is 2. The lowest BCUT2D eigenvalue weighted by atomic mass is 10.1. The molecule has 0 spiro atoms. The Morgan fingerprint density at radius 1 is 1.00 bits per heavy atom. The van der Waals surface area contributed by atoms with Gasteiger partial charge in [-0.15, -0.1) is 11.8 Å². The minimum atomic E-state index is -0.0264. The molecule has 0 aliphatic rings. The molecule has 0 aromatic heterocycles. The second-order valence-electron chi connectivity index (χ2n) is 5.05. The maximum absolute atomic E-state index is 11.8. The number of allylic oxidation sites excluding steroid dienone is 2. The molecule has 0 radical (unpaired) electrons. The summed E-state index contributed by atoms with van der Waals surface area (Å²) < 4.78 is 0. The molecule has 0 heterocycles. The summed E-state index contributed by atoms with van der Waals surface area (Å²) in [4.78, 5) is 11.8. The van der Waals surface area contributed by atoms with Crippen LogP contribution in [0.4, 0.5) is 0 Å². The van der Waals surface area contributed by atoms with E-state index in [9.17, 15) is 4.79 Å². The van der Waals surface area contributed by atoms with E-state index in [0.717, 1.165) is 11.3 Å². The molecule has 0 fully saturated rings. The van der Waals surface area contributed by atoms with Crippen LogP contribution in [-0.2, 0) is 0 Å². The number of thioether (sulfide) groups is 1. The van der Waals surface area contributed by atoms with Crippen molar-refractivity contribution in [3.05, 3.63) is 83.4 Å². The zero-order valence-corrected chi connectivity index (χ0v) is 14.4. The molecule has 1 nitrogen and oxygen atoms in total. The first-order valence-electron chi connectivity index (χ1n) is 7.63. The molecule has 0 saturated carbocycles. The lowest BCUT2D eigenvalue weighted by Crippen LogP contribution is -1.92. The molecule has 2 heteroatoms. The SMILES string of the molecule is Cc1ccc(C#CCSCC#C/C=C/C(=O)c2ccccc2)cc1. The number of rotatable bonds is 4. The van der Waals surface area contributed by atoms with E-state index in [1.807, 2.05) is 30.3 Å². The number of hydrogen-bond donors (Lipinski definition) is 0. The molecular weight excluding hydrogens is 312 g/mol. The number of ketones is 1. The van der Waals surface area contributed by atoms with Crippen LogP contribution in [0.2, 0.25) is 0 Å². The third kappa shape index (κ3) is 6.61. The predicted octanol–water partition coefficient (Wildman–Crippen LogP) is 4.52. The Morgan fingerprint density at radius 2 is 1.71 bits per heavy atom. The van der Waals surface area contributed by atoms with Crippen LogP contribution in [0.25, 0.3) is 0 Å². The van der Waals surface area contributed by atoms with Crippen LogP contribution in [0, 0.1) is 30.6 Å². The molecule has 2 rings (SSSR count). The number of carbonyl (C=O) groups is 1. The first-order valence-corrected chi connectivity index (χ1v) is 8.79. The molecule has 0 saturated heterocycles. The molecule has 0 bridgehead atoms. The van der Waals surface area contributed by atoms with Crippen molar-refractivity contribution in [2.24, 2.45) is 0 Å². The molecule has 0 atom stereocenters. The zero-order chi connectivity index (χ0) is 17.0. The van der Waals surface area contributed by atoms with Gasteiger partial charge in [-0.25, -0.2) is 0 Å². The Hall–Kier alpha value is -2.68. The third-order valence-electron chi connectivity index (χ3n) is 3.11. The van der Waals surface area contributed by atoms with Crippen molar-refractivity contribution in [1.29, 1.82) is 0 Å². The van der Waals surface area contributed by atoms with Crippen LogP contribution in [0.15, 0.2) is 66.7 Å². The molecule has 0 aliphatic heterocycles. The van der Waals surface area contributed by atoms with E-state index in [-0.39, 0.29) is 5.78 Å². The zero-order valence-electron chi connectivity index (χ0n) is 13.6. The Kier molecular flexibility index (Phi) is 7.48. The molecule has 2 aromatic rings. The van der Waals surface area contributed by atoms with E-state index >= 15 is 0 Å². The predicted molar refractivity (Wildman–Crippen MR) is 103 cm³/mol. The van der Waals surface area contributed by atoms with E-state index in [1.54, 1.807) is 30.0 Å². The normalized spacial score (nSPS) is 9.71. The summed E-state index contributed by atoms with van der Waals surface area (Å²) in [6.45, 7) is 2.06. The van der Waals surface area contributed by atoms with Crippen molar-refractivity contribution in [3.8, 4) is 23.7 Å². The Bertz CT molecular complexity index is 810. The quantitative estimate of drug-likeness (QED) is 0.355. The van der Waals surface area contributed by atoms with Crippen molar-refractivity contribution in [3.63, 3.8) is 0 Å². The van der Waals surface area contributed by atoms with E-state index in [0.29, 0.717) is 11.3 Å². The van der Waals surface area contributed by atoms with E-state index < -0.39 is 0 Å². The number of carbonyl (C=O) groups excluding carboxylic acids is 1. The van der Waals surface area contributed by atoms with Gasteiger partial charge in [-0.1, -0.05) is 71.7 Å². The van der Waals surface area contributed by atoms with Crippen molar-refractivity contribution < 1.29 is 4.79 Å². The van der Waals surface area contributed by atoms with Gasteiger partial charge in [-0.3, -0.25) is 4.79 Å². The summed E-state index contributed by atoms with van der Waals surface area (Å²) in [5.74, 6) is 13.6. The van der Waals surface area contributed by atoms with Crippen LogP contribution < -0.4 is 0 Å². The van der Waals surface area contributed by atoms with Gasteiger partial charge in [0.25, 0.3) is 0 Å². The second-order valence-corrected chi connectivity index (χ2v) is 6.03. The third-order valence-corrected chi connectivity index (χ3v) is 3.81. The van der Waals surface area contributed by atoms with Gasteiger partial charge in [0, 0.05) is 11.1 Å². The van der Waals surface area contributed by atoms with Gasteiger partial charge in [-0.2, -0.15) is 0 Å². The smallest absolute Gasteiger partial charge is 0.186 e. The molecule has 118 valence electrons. The molecule has 0 aliphatic carbocycles. The highest BCUT2D eigenvalue weighted by molar-refractivity contribution is 7.99. The van der Waals surface area contributed by atoms with E-state index in [2.05, 4.69) is 42.7 Å². The highest BCUT2D eigenvalue weighted by Crippen LogP contribution is 2.02. The summed E-state index contributed by atoms with van der Waals surface area (Å²) >= 11 is 1.66. The lowest BCUT2D eigenvalue weighted by molar-refractivity contribution is 0.104. The molecule has 0 unspecified atom stereocenters. The minimum absolute atomic E-state index is 0.0264. The van der Waals surface area contributed by atoms with Gasteiger partial charge in [-0.05, 0) is 31.2 Å². The van der Waals surface area contributed by atoms with E-state index in [1.165, 1.54) is 11.6 Å². The number of benzene rings is 2. The maximum Gasteiger partial charge on any atom is 0.186 e. The Morgan fingerprint density at radius 3 is 2.46 bits per heavy atom. The van der Waals surface area contributed by atoms with Crippen LogP contribution >= 0.6 is 11.8 Å². The summed E-state index contributed by atoms with van der Waals surface area (Å²) in [6, 6.07) is 17.4. The first kappa shape index (κ1) is 17.7. The lowest BCUT2D eigenvalue weighted by Gasteiger charge is -1.92. The van der Waals surface area contributed by atoms with Crippen LogP contribution in [0.3, 0.4) is 0 Å². The average Bonchev–Trinajstić information content (AvgIpc) is 2.62. The topological polar surface area (TPSA) is 17.1 Å². The molecule has 2 aromatic carbocycles. The van der Waals surface area contributed by atoms with Crippen molar-refractivity contribution in [2.45, 2.75) is 6.92 Å². The number of aryl methyl sites for hydroxylation is 1. The largest absolute Gasteiger partial charge is 0.289 e. The maximum atomic E-state index is 11.8. The summed E-state index contributed by atoms with van der Waals surface area (Å²) in [6.07, 6.45) is 3.11.